The van der Waals surface area contributed by atoms with Gasteiger partial charge in [0.2, 0.25) is 10.0 Å². The monoisotopic (exact) mass is 287 g/mol. The molecule has 7 heteroatoms. The van der Waals surface area contributed by atoms with Crippen molar-refractivity contribution in [3.63, 3.8) is 0 Å². The SMILES string of the molecule is NS(=O)(=O)c1csc(C(O)c2cccc(F)c2)c1. The number of hydrogen-bond acceptors (Lipinski definition) is 4. The van der Waals surface area contributed by atoms with Crippen molar-refractivity contribution in [1.82, 2.24) is 0 Å². The average Bonchev–Trinajstić information content (AvgIpc) is 2.77. The lowest BCUT2D eigenvalue weighted by atomic mass is 10.1. The second-order valence-corrected chi connectivity index (χ2v) is 6.19. The summed E-state index contributed by atoms with van der Waals surface area (Å²) in [5.74, 6) is -0.463. The average molecular weight is 287 g/mol. The zero-order chi connectivity index (χ0) is 13.3. The van der Waals surface area contributed by atoms with Crippen LogP contribution in [0.2, 0.25) is 0 Å². The minimum absolute atomic E-state index is 0.0575. The smallest absolute Gasteiger partial charge is 0.238 e. The number of primary sulfonamides is 1. The quantitative estimate of drug-likeness (QED) is 0.900. The van der Waals surface area contributed by atoms with E-state index < -0.39 is 21.9 Å². The Morgan fingerprint density at radius 1 is 1.33 bits per heavy atom. The van der Waals surface area contributed by atoms with Crippen molar-refractivity contribution in [3.8, 4) is 0 Å². The first-order chi connectivity index (χ1) is 8.38. The Balaban J connectivity index is 2.35. The molecule has 0 radical (unpaired) electrons. The number of benzene rings is 1. The van der Waals surface area contributed by atoms with Gasteiger partial charge in [0.15, 0.2) is 0 Å². The lowest BCUT2D eigenvalue weighted by Crippen LogP contribution is -2.10. The van der Waals surface area contributed by atoms with Crippen molar-refractivity contribution in [2.45, 2.75) is 11.0 Å². The summed E-state index contributed by atoms with van der Waals surface area (Å²) in [4.78, 5) is 0.336. The van der Waals surface area contributed by atoms with Crippen LogP contribution in [0.1, 0.15) is 16.5 Å². The summed E-state index contributed by atoms with van der Waals surface area (Å²) in [5.41, 5.74) is 0.359. The summed E-state index contributed by atoms with van der Waals surface area (Å²) in [7, 11) is -3.78. The molecule has 0 spiro atoms. The lowest BCUT2D eigenvalue weighted by Gasteiger charge is -2.08. The van der Waals surface area contributed by atoms with Crippen LogP contribution in [0, 0.1) is 5.82 Å². The lowest BCUT2D eigenvalue weighted by molar-refractivity contribution is 0.223. The van der Waals surface area contributed by atoms with Gasteiger partial charge in [-0.15, -0.1) is 11.3 Å². The van der Waals surface area contributed by atoms with Crippen molar-refractivity contribution in [2.75, 3.05) is 0 Å². The molecule has 1 atom stereocenters. The maximum absolute atomic E-state index is 13.0. The van der Waals surface area contributed by atoms with Gasteiger partial charge < -0.3 is 5.11 Å². The highest BCUT2D eigenvalue weighted by Crippen LogP contribution is 2.29. The Kier molecular flexibility index (Phi) is 3.49. The highest BCUT2D eigenvalue weighted by Gasteiger charge is 2.17. The van der Waals surface area contributed by atoms with Gasteiger partial charge in [0.1, 0.15) is 11.9 Å². The second kappa shape index (κ2) is 4.77. The van der Waals surface area contributed by atoms with Gasteiger partial charge in [-0.05, 0) is 23.8 Å². The third-order valence-electron chi connectivity index (χ3n) is 2.36. The number of aliphatic hydroxyl groups is 1. The first-order valence-corrected chi connectivity index (χ1v) is 7.35. The first-order valence-electron chi connectivity index (χ1n) is 4.92. The molecule has 0 fully saturated rings. The molecule has 1 unspecified atom stereocenters. The topological polar surface area (TPSA) is 80.4 Å². The van der Waals surface area contributed by atoms with Crippen LogP contribution in [-0.2, 0) is 10.0 Å². The van der Waals surface area contributed by atoms with Crippen molar-refractivity contribution in [3.05, 3.63) is 52.0 Å². The molecule has 0 aliphatic carbocycles. The van der Waals surface area contributed by atoms with E-state index in [9.17, 15) is 17.9 Å². The molecule has 3 N–H and O–H groups in total. The number of aliphatic hydroxyl groups excluding tert-OH is 1. The van der Waals surface area contributed by atoms with Crippen LogP contribution < -0.4 is 5.14 Å². The summed E-state index contributed by atoms with van der Waals surface area (Å²) in [6, 6.07) is 6.78. The third kappa shape index (κ3) is 2.75. The fraction of sp³-hybridized carbons (Fsp3) is 0.0909. The van der Waals surface area contributed by atoms with E-state index in [-0.39, 0.29) is 4.90 Å². The predicted octanol–water partition coefficient (Wildman–Crippen LogP) is 1.62. The highest BCUT2D eigenvalue weighted by atomic mass is 32.2. The van der Waals surface area contributed by atoms with E-state index in [1.54, 1.807) is 6.07 Å². The fourth-order valence-corrected chi connectivity index (χ4v) is 3.29. The van der Waals surface area contributed by atoms with Gasteiger partial charge in [-0.3, -0.25) is 0 Å². The Morgan fingerprint density at radius 2 is 2.06 bits per heavy atom. The van der Waals surface area contributed by atoms with Crippen LogP contribution >= 0.6 is 11.3 Å². The van der Waals surface area contributed by atoms with Gasteiger partial charge in [0.25, 0.3) is 0 Å². The summed E-state index contributed by atoms with van der Waals surface area (Å²) in [6.07, 6.45) is -1.07. The van der Waals surface area contributed by atoms with Gasteiger partial charge in [-0.1, -0.05) is 12.1 Å². The van der Waals surface area contributed by atoms with Crippen molar-refractivity contribution < 1.29 is 17.9 Å². The van der Waals surface area contributed by atoms with Gasteiger partial charge in [0, 0.05) is 10.3 Å². The molecule has 1 heterocycles. The third-order valence-corrected chi connectivity index (χ3v) is 4.39. The molecule has 18 heavy (non-hydrogen) atoms. The number of nitrogens with two attached hydrogens (primary N) is 1. The van der Waals surface area contributed by atoms with Crippen LogP contribution in [0.25, 0.3) is 0 Å². The van der Waals surface area contributed by atoms with E-state index in [4.69, 9.17) is 5.14 Å². The number of rotatable bonds is 3. The molecular formula is C11H10FNO3S2. The molecule has 0 aliphatic heterocycles. The van der Waals surface area contributed by atoms with Crippen LogP contribution in [-0.4, -0.2) is 13.5 Å². The summed E-state index contributed by atoms with van der Waals surface area (Å²) < 4.78 is 35.2. The molecule has 0 saturated carbocycles. The Morgan fingerprint density at radius 3 is 2.61 bits per heavy atom. The van der Waals surface area contributed by atoms with E-state index in [0.717, 1.165) is 11.3 Å². The molecule has 4 nitrogen and oxygen atoms in total. The van der Waals surface area contributed by atoms with E-state index in [0.29, 0.717) is 10.4 Å². The molecule has 1 aromatic carbocycles. The minimum atomic E-state index is -3.78. The summed E-state index contributed by atoms with van der Waals surface area (Å²) in [5, 5.41) is 16.3. The van der Waals surface area contributed by atoms with E-state index in [1.165, 1.54) is 29.6 Å². The predicted molar refractivity (Wildman–Crippen MR) is 66.2 cm³/mol. The minimum Gasteiger partial charge on any atom is -0.383 e. The zero-order valence-electron chi connectivity index (χ0n) is 9.08. The Labute approximate surface area is 108 Å². The van der Waals surface area contributed by atoms with Gasteiger partial charge in [-0.2, -0.15) is 0 Å². The Bertz CT molecular complexity index is 666. The number of sulfonamides is 1. The van der Waals surface area contributed by atoms with Gasteiger partial charge >= 0.3 is 0 Å². The molecule has 2 rings (SSSR count). The maximum Gasteiger partial charge on any atom is 0.238 e. The van der Waals surface area contributed by atoms with Crippen molar-refractivity contribution in [2.24, 2.45) is 5.14 Å². The van der Waals surface area contributed by atoms with Crippen LogP contribution in [0.5, 0.6) is 0 Å². The molecule has 2 aromatic rings. The largest absolute Gasteiger partial charge is 0.383 e. The van der Waals surface area contributed by atoms with E-state index >= 15 is 0 Å². The van der Waals surface area contributed by atoms with E-state index in [1.807, 2.05) is 0 Å². The van der Waals surface area contributed by atoms with Crippen LogP contribution in [0.3, 0.4) is 0 Å². The second-order valence-electron chi connectivity index (χ2n) is 3.69. The van der Waals surface area contributed by atoms with Gasteiger partial charge in [0.05, 0.1) is 4.90 Å². The molecular weight excluding hydrogens is 277 g/mol. The van der Waals surface area contributed by atoms with Crippen LogP contribution in [0.15, 0.2) is 40.6 Å². The van der Waals surface area contributed by atoms with E-state index in [2.05, 4.69) is 0 Å². The zero-order valence-corrected chi connectivity index (χ0v) is 10.7. The van der Waals surface area contributed by atoms with Crippen molar-refractivity contribution in [1.29, 1.82) is 0 Å². The fourth-order valence-electron chi connectivity index (χ4n) is 1.47. The molecule has 0 amide bonds. The Hall–Kier alpha value is -1.28. The number of thiophene rings is 1. The van der Waals surface area contributed by atoms with Crippen LogP contribution in [0.4, 0.5) is 4.39 Å². The summed E-state index contributed by atoms with van der Waals surface area (Å²) in [6.45, 7) is 0. The molecule has 0 saturated heterocycles. The first kappa shape index (κ1) is 13.2. The standard InChI is InChI=1S/C11H10FNO3S2/c12-8-3-1-2-7(4-8)11(14)10-5-9(6-17-10)18(13,15)16/h1-6,11,14H,(H2,13,15,16). The maximum atomic E-state index is 13.0. The molecule has 0 bridgehead atoms. The number of halogens is 1. The molecule has 96 valence electrons. The number of hydrogen-bond donors (Lipinski definition) is 2. The van der Waals surface area contributed by atoms with Gasteiger partial charge in [-0.25, -0.2) is 17.9 Å². The molecule has 0 aliphatic rings. The molecule has 1 aromatic heterocycles. The van der Waals surface area contributed by atoms with Crippen molar-refractivity contribution >= 4 is 21.4 Å². The normalized spacial score (nSPS) is 13.5. The summed E-state index contributed by atoms with van der Waals surface area (Å²) >= 11 is 1.05. The highest BCUT2D eigenvalue weighted by molar-refractivity contribution is 7.89.